The van der Waals surface area contributed by atoms with Crippen LogP contribution in [0.1, 0.15) is 11.8 Å². The quantitative estimate of drug-likeness (QED) is 0.305. The molecule has 4 aromatic rings. The van der Waals surface area contributed by atoms with Crippen LogP contribution in [-0.2, 0) is 11.3 Å². The van der Waals surface area contributed by atoms with Gasteiger partial charge in [-0.05, 0) is 32.0 Å². The van der Waals surface area contributed by atoms with Crippen LogP contribution in [0.15, 0.2) is 50.7 Å². The van der Waals surface area contributed by atoms with E-state index in [1.54, 1.807) is 11.3 Å². The number of nitrogens with zero attached hydrogens (tertiary/aromatic N) is 4. The SMILES string of the molecule is CCn1c(SCC(=O)Nc2nc(-c3ccc(Br)cc3)cs2)nnc1-c1csc(C)c1. The van der Waals surface area contributed by atoms with Gasteiger partial charge in [-0.25, -0.2) is 4.98 Å². The number of thiophene rings is 1. The van der Waals surface area contributed by atoms with Crippen LogP contribution in [0.25, 0.3) is 22.6 Å². The zero-order chi connectivity index (χ0) is 21.1. The topological polar surface area (TPSA) is 72.7 Å². The van der Waals surface area contributed by atoms with Gasteiger partial charge >= 0.3 is 0 Å². The first-order chi connectivity index (χ1) is 14.5. The monoisotopic (exact) mass is 519 g/mol. The summed E-state index contributed by atoms with van der Waals surface area (Å²) in [4.78, 5) is 18.2. The van der Waals surface area contributed by atoms with Gasteiger partial charge in [-0.15, -0.1) is 32.9 Å². The molecule has 0 saturated carbocycles. The fourth-order valence-corrected chi connectivity index (χ4v) is 5.31. The summed E-state index contributed by atoms with van der Waals surface area (Å²) in [7, 11) is 0. The number of thioether (sulfide) groups is 1. The Morgan fingerprint density at radius 3 is 2.67 bits per heavy atom. The van der Waals surface area contributed by atoms with E-state index in [0.717, 1.165) is 38.8 Å². The number of hydrogen-bond acceptors (Lipinski definition) is 7. The molecule has 1 N–H and O–H groups in total. The van der Waals surface area contributed by atoms with E-state index >= 15 is 0 Å². The summed E-state index contributed by atoms with van der Waals surface area (Å²) in [5, 5.41) is 16.8. The van der Waals surface area contributed by atoms with Gasteiger partial charge in [0.15, 0.2) is 16.1 Å². The Bertz CT molecular complexity index is 1170. The fourth-order valence-electron chi connectivity index (χ4n) is 2.82. The number of benzene rings is 1. The molecule has 0 aliphatic carbocycles. The van der Waals surface area contributed by atoms with Gasteiger partial charge in [-0.1, -0.05) is 39.8 Å². The maximum absolute atomic E-state index is 12.4. The predicted octanol–water partition coefficient (Wildman–Crippen LogP) is 5.95. The van der Waals surface area contributed by atoms with Gasteiger partial charge in [0.2, 0.25) is 5.91 Å². The number of nitrogens with one attached hydrogen (secondary N) is 1. The van der Waals surface area contributed by atoms with Gasteiger partial charge in [0.25, 0.3) is 0 Å². The normalized spacial score (nSPS) is 11.0. The van der Waals surface area contributed by atoms with Crippen LogP contribution in [0.5, 0.6) is 0 Å². The summed E-state index contributed by atoms with van der Waals surface area (Å²) < 4.78 is 3.05. The van der Waals surface area contributed by atoms with E-state index in [9.17, 15) is 4.79 Å². The van der Waals surface area contributed by atoms with Gasteiger partial charge in [0.05, 0.1) is 11.4 Å². The van der Waals surface area contributed by atoms with Crippen molar-refractivity contribution in [2.24, 2.45) is 0 Å². The van der Waals surface area contributed by atoms with E-state index in [2.05, 4.69) is 61.7 Å². The molecule has 30 heavy (non-hydrogen) atoms. The molecule has 0 aliphatic rings. The molecule has 1 amide bonds. The highest BCUT2D eigenvalue weighted by Gasteiger charge is 2.16. The molecule has 0 bridgehead atoms. The van der Waals surface area contributed by atoms with Gasteiger partial charge < -0.3 is 9.88 Å². The molecule has 0 saturated heterocycles. The Morgan fingerprint density at radius 2 is 1.97 bits per heavy atom. The van der Waals surface area contributed by atoms with Crippen LogP contribution in [0.2, 0.25) is 0 Å². The molecule has 0 aliphatic heterocycles. The molecule has 10 heteroatoms. The first-order valence-corrected chi connectivity index (χ1v) is 12.7. The minimum absolute atomic E-state index is 0.115. The number of aryl methyl sites for hydroxylation is 1. The molecule has 154 valence electrons. The maximum atomic E-state index is 12.4. The summed E-state index contributed by atoms with van der Waals surface area (Å²) >= 11 is 7.91. The molecule has 0 unspecified atom stereocenters. The Labute approximate surface area is 194 Å². The lowest BCUT2D eigenvalue weighted by Gasteiger charge is -2.06. The standard InChI is InChI=1S/C20H18BrN5OS3/c1-3-26-18(14-8-12(2)28-9-14)24-25-20(26)30-11-17(27)23-19-22-16(10-29-19)13-4-6-15(21)7-5-13/h4-10H,3,11H2,1-2H3,(H,22,23,27). The van der Waals surface area contributed by atoms with E-state index < -0.39 is 0 Å². The smallest absolute Gasteiger partial charge is 0.236 e. The third-order valence-electron chi connectivity index (χ3n) is 4.24. The number of halogens is 1. The number of amides is 1. The highest BCUT2D eigenvalue weighted by Crippen LogP contribution is 2.28. The minimum Gasteiger partial charge on any atom is -0.302 e. The molecule has 0 fully saturated rings. The average Bonchev–Trinajstić information content (AvgIpc) is 3.46. The second-order valence-corrected chi connectivity index (χ2v) is 10.2. The van der Waals surface area contributed by atoms with E-state index in [1.807, 2.05) is 34.2 Å². The lowest BCUT2D eigenvalue weighted by Crippen LogP contribution is -2.14. The predicted molar refractivity (Wildman–Crippen MR) is 128 cm³/mol. The van der Waals surface area contributed by atoms with Gasteiger partial charge in [0, 0.05) is 37.8 Å². The van der Waals surface area contributed by atoms with Crippen molar-refractivity contribution >= 4 is 61.4 Å². The fraction of sp³-hybridized carbons (Fsp3) is 0.200. The summed E-state index contributed by atoms with van der Waals surface area (Å²) in [5.41, 5.74) is 2.92. The number of carbonyl (C=O) groups is 1. The van der Waals surface area contributed by atoms with Crippen molar-refractivity contribution in [2.75, 3.05) is 11.1 Å². The molecule has 0 radical (unpaired) electrons. The number of rotatable bonds is 7. The zero-order valence-electron chi connectivity index (χ0n) is 16.3. The van der Waals surface area contributed by atoms with Crippen molar-refractivity contribution < 1.29 is 4.79 Å². The molecule has 6 nitrogen and oxygen atoms in total. The number of thiazole rings is 1. The third kappa shape index (κ3) is 4.83. The first-order valence-electron chi connectivity index (χ1n) is 9.16. The van der Waals surface area contributed by atoms with Gasteiger partial charge in [-0.2, -0.15) is 0 Å². The molecule has 4 rings (SSSR count). The summed E-state index contributed by atoms with van der Waals surface area (Å²) in [5.74, 6) is 0.965. The van der Waals surface area contributed by atoms with Crippen LogP contribution in [-0.4, -0.2) is 31.4 Å². The Morgan fingerprint density at radius 1 is 1.17 bits per heavy atom. The van der Waals surface area contributed by atoms with E-state index in [0.29, 0.717) is 5.13 Å². The van der Waals surface area contributed by atoms with Crippen LogP contribution >= 0.6 is 50.4 Å². The number of anilines is 1. The minimum atomic E-state index is -0.115. The van der Waals surface area contributed by atoms with E-state index in [-0.39, 0.29) is 11.7 Å². The maximum Gasteiger partial charge on any atom is 0.236 e. The van der Waals surface area contributed by atoms with Crippen molar-refractivity contribution in [3.63, 3.8) is 0 Å². The summed E-state index contributed by atoms with van der Waals surface area (Å²) in [6, 6.07) is 10.0. The molecule has 1 aromatic carbocycles. The van der Waals surface area contributed by atoms with Crippen molar-refractivity contribution in [1.29, 1.82) is 0 Å². The van der Waals surface area contributed by atoms with Crippen molar-refractivity contribution in [2.45, 2.75) is 25.5 Å². The lowest BCUT2D eigenvalue weighted by molar-refractivity contribution is -0.113. The Hall–Kier alpha value is -2.01. The Balaban J connectivity index is 1.39. The second-order valence-electron chi connectivity index (χ2n) is 6.38. The van der Waals surface area contributed by atoms with Crippen molar-refractivity contribution in [3.05, 3.63) is 50.4 Å². The Kier molecular flexibility index (Phi) is 6.67. The third-order valence-corrected chi connectivity index (χ3v) is 7.36. The van der Waals surface area contributed by atoms with Crippen molar-refractivity contribution in [3.8, 4) is 22.6 Å². The summed E-state index contributed by atoms with van der Waals surface area (Å²) in [6.45, 7) is 4.86. The molecule has 0 atom stereocenters. The molecular weight excluding hydrogens is 502 g/mol. The van der Waals surface area contributed by atoms with Gasteiger partial charge in [0.1, 0.15) is 0 Å². The molecule has 3 aromatic heterocycles. The van der Waals surface area contributed by atoms with E-state index in [1.165, 1.54) is 28.0 Å². The lowest BCUT2D eigenvalue weighted by atomic mass is 10.2. The van der Waals surface area contributed by atoms with Gasteiger partial charge in [-0.3, -0.25) is 4.79 Å². The summed E-state index contributed by atoms with van der Waals surface area (Å²) in [6.07, 6.45) is 0. The zero-order valence-corrected chi connectivity index (χ0v) is 20.3. The van der Waals surface area contributed by atoms with Crippen LogP contribution in [0.4, 0.5) is 5.13 Å². The van der Waals surface area contributed by atoms with Crippen LogP contribution in [0, 0.1) is 6.92 Å². The number of carbonyl (C=O) groups excluding carboxylic acids is 1. The molecule has 3 heterocycles. The molecular formula is C20H18BrN5OS3. The largest absolute Gasteiger partial charge is 0.302 e. The number of hydrogen-bond donors (Lipinski definition) is 1. The average molecular weight is 521 g/mol. The second kappa shape index (κ2) is 9.42. The first kappa shape index (κ1) is 21.2. The van der Waals surface area contributed by atoms with Crippen LogP contribution < -0.4 is 5.32 Å². The van der Waals surface area contributed by atoms with Crippen LogP contribution in [0.3, 0.4) is 0 Å². The van der Waals surface area contributed by atoms with E-state index in [4.69, 9.17) is 0 Å². The highest BCUT2D eigenvalue weighted by molar-refractivity contribution is 9.10. The number of aromatic nitrogens is 4. The van der Waals surface area contributed by atoms with Crippen molar-refractivity contribution in [1.82, 2.24) is 19.7 Å². The molecule has 0 spiro atoms. The highest BCUT2D eigenvalue weighted by atomic mass is 79.9.